The van der Waals surface area contributed by atoms with E-state index in [-0.39, 0.29) is 5.78 Å². The first-order valence-electron chi connectivity index (χ1n) is 6.10. The van der Waals surface area contributed by atoms with Crippen molar-refractivity contribution >= 4 is 21.7 Å². The summed E-state index contributed by atoms with van der Waals surface area (Å²) in [6, 6.07) is 5.20. The first kappa shape index (κ1) is 14.6. The molecule has 1 aromatic heterocycles. The predicted octanol–water partition coefficient (Wildman–Crippen LogP) is 2.91. The number of carbonyl (C=O) groups is 1. The van der Waals surface area contributed by atoms with Crippen molar-refractivity contribution in [2.24, 2.45) is 0 Å². The fourth-order valence-electron chi connectivity index (χ4n) is 1.93. The van der Waals surface area contributed by atoms with Crippen LogP contribution in [-0.2, 0) is 6.54 Å². The molecule has 0 aliphatic heterocycles. The Hall–Kier alpha value is -1.82. The molecule has 0 amide bonds. The smallest absolute Gasteiger partial charge is 0.214 e. The lowest BCUT2D eigenvalue weighted by Crippen LogP contribution is -2.11. The summed E-state index contributed by atoms with van der Waals surface area (Å²) in [6.07, 6.45) is 1.55. The minimum absolute atomic E-state index is 0.135. The number of benzene rings is 1. The van der Waals surface area contributed by atoms with E-state index in [1.807, 2.05) is 6.92 Å². The van der Waals surface area contributed by atoms with Crippen LogP contribution in [-0.4, -0.2) is 29.8 Å². The first-order chi connectivity index (χ1) is 9.62. The summed E-state index contributed by atoms with van der Waals surface area (Å²) < 4.78 is 12.7. The lowest BCUT2D eigenvalue weighted by Gasteiger charge is -2.08. The van der Waals surface area contributed by atoms with Crippen LogP contribution in [0.25, 0.3) is 0 Å². The van der Waals surface area contributed by atoms with Crippen molar-refractivity contribution in [2.75, 3.05) is 14.2 Å². The van der Waals surface area contributed by atoms with Crippen molar-refractivity contribution in [2.45, 2.75) is 13.5 Å². The van der Waals surface area contributed by atoms with Gasteiger partial charge in [0.1, 0.15) is 5.75 Å². The zero-order chi connectivity index (χ0) is 14.7. The van der Waals surface area contributed by atoms with Gasteiger partial charge in [0.25, 0.3) is 0 Å². The van der Waals surface area contributed by atoms with Crippen LogP contribution >= 0.6 is 15.9 Å². The van der Waals surface area contributed by atoms with Gasteiger partial charge in [-0.15, -0.1) is 0 Å². The zero-order valence-corrected chi connectivity index (χ0v) is 13.1. The molecular weight excluding hydrogens is 324 g/mol. The standard InChI is InChI=1S/C14H15BrN2O3/c1-4-17-13(12(20-3)8-16-17)14(18)9-5-6-11(19-2)10(15)7-9/h5-8H,4H2,1-3H3. The lowest BCUT2D eigenvalue weighted by molar-refractivity contribution is 0.102. The van der Waals surface area contributed by atoms with Gasteiger partial charge in [0.2, 0.25) is 5.78 Å². The molecule has 2 aromatic rings. The molecule has 6 heteroatoms. The molecule has 0 fully saturated rings. The molecule has 0 saturated heterocycles. The van der Waals surface area contributed by atoms with Gasteiger partial charge in [-0.1, -0.05) is 0 Å². The molecule has 0 saturated carbocycles. The molecule has 5 nitrogen and oxygen atoms in total. The number of hydrogen-bond donors (Lipinski definition) is 0. The van der Waals surface area contributed by atoms with E-state index in [2.05, 4.69) is 21.0 Å². The quantitative estimate of drug-likeness (QED) is 0.786. The number of ether oxygens (including phenoxy) is 2. The maximum Gasteiger partial charge on any atom is 0.214 e. The van der Waals surface area contributed by atoms with Crippen molar-refractivity contribution in [1.82, 2.24) is 9.78 Å². The highest BCUT2D eigenvalue weighted by atomic mass is 79.9. The minimum atomic E-state index is -0.135. The second kappa shape index (κ2) is 6.09. The topological polar surface area (TPSA) is 53.4 Å². The van der Waals surface area contributed by atoms with E-state index >= 15 is 0 Å². The number of carbonyl (C=O) groups excluding carboxylic acids is 1. The van der Waals surface area contributed by atoms with Gasteiger partial charge in [0.05, 0.1) is 24.9 Å². The fraction of sp³-hybridized carbons (Fsp3) is 0.286. The van der Waals surface area contributed by atoms with E-state index in [0.29, 0.717) is 29.3 Å². The predicted molar refractivity (Wildman–Crippen MR) is 78.6 cm³/mol. The second-order valence-corrected chi connectivity index (χ2v) is 4.91. The highest BCUT2D eigenvalue weighted by Gasteiger charge is 2.21. The number of nitrogens with zero attached hydrogens (tertiary/aromatic N) is 2. The van der Waals surface area contributed by atoms with Crippen LogP contribution in [0.4, 0.5) is 0 Å². The maximum absolute atomic E-state index is 12.6. The summed E-state index contributed by atoms with van der Waals surface area (Å²) in [5.41, 5.74) is 0.998. The van der Waals surface area contributed by atoms with E-state index in [1.54, 1.807) is 36.2 Å². The van der Waals surface area contributed by atoms with E-state index in [1.165, 1.54) is 7.11 Å². The van der Waals surface area contributed by atoms with E-state index in [4.69, 9.17) is 9.47 Å². The van der Waals surface area contributed by atoms with E-state index in [0.717, 1.165) is 4.47 Å². The molecule has 0 aliphatic carbocycles. The highest BCUT2D eigenvalue weighted by Crippen LogP contribution is 2.28. The molecule has 0 N–H and O–H groups in total. The third-order valence-electron chi connectivity index (χ3n) is 2.95. The van der Waals surface area contributed by atoms with Crippen molar-refractivity contribution < 1.29 is 14.3 Å². The Morgan fingerprint density at radius 2 is 2.00 bits per heavy atom. The largest absolute Gasteiger partial charge is 0.496 e. The number of aryl methyl sites for hydroxylation is 1. The van der Waals surface area contributed by atoms with Crippen LogP contribution in [0.5, 0.6) is 11.5 Å². The van der Waals surface area contributed by atoms with Crippen molar-refractivity contribution in [3.8, 4) is 11.5 Å². The molecule has 0 unspecified atom stereocenters. The van der Waals surface area contributed by atoms with Crippen molar-refractivity contribution in [1.29, 1.82) is 0 Å². The summed E-state index contributed by atoms with van der Waals surface area (Å²) in [5, 5.41) is 4.14. The van der Waals surface area contributed by atoms with Gasteiger partial charge in [-0.25, -0.2) is 0 Å². The summed E-state index contributed by atoms with van der Waals surface area (Å²) in [6.45, 7) is 2.52. The van der Waals surface area contributed by atoms with Crippen molar-refractivity contribution in [3.63, 3.8) is 0 Å². The second-order valence-electron chi connectivity index (χ2n) is 4.06. The molecule has 1 aromatic carbocycles. The average molecular weight is 339 g/mol. The summed E-state index contributed by atoms with van der Waals surface area (Å²) in [4.78, 5) is 12.6. The number of rotatable bonds is 5. The van der Waals surface area contributed by atoms with Crippen LogP contribution in [0.3, 0.4) is 0 Å². The van der Waals surface area contributed by atoms with Gasteiger partial charge in [-0.3, -0.25) is 9.48 Å². The Bertz CT molecular complexity index is 616. The van der Waals surface area contributed by atoms with E-state index < -0.39 is 0 Å². The molecule has 0 spiro atoms. The number of methoxy groups -OCH3 is 2. The van der Waals surface area contributed by atoms with Gasteiger partial charge >= 0.3 is 0 Å². The summed E-state index contributed by atoms with van der Waals surface area (Å²) >= 11 is 3.38. The minimum Gasteiger partial charge on any atom is -0.496 e. The number of halogens is 1. The van der Waals surface area contributed by atoms with Gasteiger partial charge in [0.15, 0.2) is 11.4 Å². The summed E-state index contributed by atoms with van der Waals surface area (Å²) in [5.74, 6) is 1.02. The van der Waals surface area contributed by atoms with Gasteiger partial charge in [-0.2, -0.15) is 5.10 Å². The lowest BCUT2D eigenvalue weighted by atomic mass is 10.1. The molecular formula is C14H15BrN2O3. The molecule has 1 heterocycles. The first-order valence-corrected chi connectivity index (χ1v) is 6.89. The monoisotopic (exact) mass is 338 g/mol. The molecule has 0 atom stereocenters. The number of hydrogen-bond acceptors (Lipinski definition) is 4. The van der Waals surface area contributed by atoms with Crippen LogP contribution in [0, 0.1) is 0 Å². The van der Waals surface area contributed by atoms with Gasteiger partial charge in [-0.05, 0) is 41.1 Å². The van der Waals surface area contributed by atoms with Crippen LogP contribution in [0.15, 0.2) is 28.9 Å². The zero-order valence-electron chi connectivity index (χ0n) is 11.5. The summed E-state index contributed by atoms with van der Waals surface area (Å²) in [7, 11) is 3.11. The third-order valence-corrected chi connectivity index (χ3v) is 3.57. The Balaban J connectivity index is 2.46. The van der Waals surface area contributed by atoms with Gasteiger partial charge < -0.3 is 9.47 Å². The number of aromatic nitrogens is 2. The average Bonchev–Trinajstić information content (AvgIpc) is 2.89. The normalized spacial score (nSPS) is 10.4. The van der Waals surface area contributed by atoms with Crippen LogP contribution in [0.2, 0.25) is 0 Å². The fourth-order valence-corrected chi connectivity index (χ4v) is 2.47. The van der Waals surface area contributed by atoms with Gasteiger partial charge in [0, 0.05) is 12.1 Å². The Labute approximate surface area is 125 Å². The molecule has 106 valence electrons. The molecule has 20 heavy (non-hydrogen) atoms. The van der Waals surface area contributed by atoms with Crippen LogP contribution < -0.4 is 9.47 Å². The molecule has 2 rings (SSSR count). The molecule has 0 bridgehead atoms. The molecule has 0 radical (unpaired) electrons. The SMILES string of the molecule is CCn1ncc(OC)c1C(=O)c1ccc(OC)c(Br)c1. The maximum atomic E-state index is 12.6. The number of ketones is 1. The van der Waals surface area contributed by atoms with Crippen molar-refractivity contribution in [3.05, 3.63) is 40.1 Å². The van der Waals surface area contributed by atoms with Crippen LogP contribution in [0.1, 0.15) is 23.0 Å². The Kier molecular flexibility index (Phi) is 4.44. The van der Waals surface area contributed by atoms with E-state index in [9.17, 15) is 4.79 Å². The third kappa shape index (κ3) is 2.56. The highest BCUT2D eigenvalue weighted by molar-refractivity contribution is 9.10. The Morgan fingerprint density at radius 1 is 1.30 bits per heavy atom. The molecule has 0 aliphatic rings. The Morgan fingerprint density at radius 3 is 2.55 bits per heavy atom.